The molecule has 4 aromatic rings. The van der Waals surface area contributed by atoms with Gasteiger partial charge in [-0.3, -0.25) is 9.79 Å². The quantitative estimate of drug-likeness (QED) is 0.408. The first kappa shape index (κ1) is 22.6. The van der Waals surface area contributed by atoms with Crippen LogP contribution in [0.15, 0.2) is 88.3 Å². The van der Waals surface area contributed by atoms with Crippen molar-refractivity contribution in [3.8, 4) is 17.0 Å². The van der Waals surface area contributed by atoms with E-state index in [0.29, 0.717) is 18.0 Å². The summed E-state index contributed by atoms with van der Waals surface area (Å²) in [5, 5.41) is 9.71. The molecule has 35 heavy (non-hydrogen) atoms. The summed E-state index contributed by atoms with van der Waals surface area (Å²) in [6.45, 7) is 0.589. The van der Waals surface area contributed by atoms with Crippen LogP contribution in [0.5, 0.6) is 5.75 Å². The number of anilines is 2. The van der Waals surface area contributed by atoms with E-state index in [2.05, 4.69) is 34.5 Å². The highest BCUT2D eigenvalue weighted by Gasteiger charge is 2.17. The Morgan fingerprint density at radius 3 is 2.66 bits per heavy atom. The first-order valence-electron chi connectivity index (χ1n) is 11.2. The van der Waals surface area contributed by atoms with Gasteiger partial charge < -0.3 is 15.0 Å². The molecule has 1 aromatic heterocycles. The zero-order valence-corrected chi connectivity index (χ0v) is 20.3. The molecule has 8 heteroatoms. The smallest absolute Gasteiger partial charge is 0.262 e. The number of carbonyl (C=O) groups excluding carboxylic acids is 1. The van der Waals surface area contributed by atoms with Crippen molar-refractivity contribution in [1.29, 1.82) is 0 Å². The molecule has 2 heterocycles. The number of benzene rings is 3. The van der Waals surface area contributed by atoms with Crippen LogP contribution in [0.4, 0.5) is 11.4 Å². The van der Waals surface area contributed by atoms with Gasteiger partial charge in [0, 0.05) is 30.7 Å². The molecule has 5 rings (SSSR count). The number of aromatic nitrogens is 1. The molecule has 3 aromatic carbocycles. The largest absolute Gasteiger partial charge is 0.482 e. The molecular formula is C27H25N5O2S. The van der Waals surface area contributed by atoms with Crippen molar-refractivity contribution in [2.45, 2.75) is 6.54 Å². The van der Waals surface area contributed by atoms with Gasteiger partial charge in [-0.05, 0) is 41.5 Å². The van der Waals surface area contributed by atoms with Gasteiger partial charge in [-0.25, -0.2) is 4.68 Å². The fourth-order valence-electron chi connectivity index (χ4n) is 3.69. The third-order valence-electron chi connectivity index (χ3n) is 5.57. The van der Waals surface area contributed by atoms with Crippen LogP contribution >= 0.6 is 11.3 Å². The van der Waals surface area contributed by atoms with Gasteiger partial charge in [0.1, 0.15) is 5.75 Å². The highest BCUT2D eigenvalue weighted by atomic mass is 32.1. The van der Waals surface area contributed by atoms with Crippen LogP contribution in [0.25, 0.3) is 11.3 Å². The number of rotatable bonds is 6. The van der Waals surface area contributed by atoms with Crippen LogP contribution in [0, 0.1) is 0 Å². The molecule has 0 atom stereocenters. The molecule has 7 nitrogen and oxygen atoms in total. The van der Waals surface area contributed by atoms with E-state index < -0.39 is 0 Å². The van der Waals surface area contributed by atoms with Crippen molar-refractivity contribution in [3.63, 3.8) is 0 Å². The average molecular weight is 484 g/mol. The van der Waals surface area contributed by atoms with Gasteiger partial charge in [0.2, 0.25) is 4.80 Å². The van der Waals surface area contributed by atoms with E-state index >= 15 is 0 Å². The predicted molar refractivity (Wildman–Crippen MR) is 141 cm³/mol. The predicted octanol–water partition coefficient (Wildman–Crippen LogP) is 4.60. The summed E-state index contributed by atoms with van der Waals surface area (Å²) in [5.41, 5.74) is 5.69. The van der Waals surface area contributed by atoms with Crippen molar-refractivity contribution in [2.24, 2.45) is 10.1 Å². The van der Waals surface area contributed by atoms with Gasteiger partial charge in [0.05, 0.1) is 24.1 Å². The second-order valence-electron chi connectivity index (χ2n) is 8.30. The molecule has 0 unspecified atom stereocenters. The lowest BCUT2D eigenvalue weighted by molar-refractivity contribution is -0.118. The van der Waals surface area contributed by atoms with E-state index in [-0.39, 0.29) is 12.5 Å². The third-order valence-corrected chi connectivity index (χ3v) is 6.42. The van der Waals surface area contributed by atoms with Crippen molar-refractivity contribution in [2.75, 3.05) is 30.9 Å². The van der Waals surface area contributed by atoms with E-state index in [9.17, 15) is 4.79 Å². The molecule has 0 spiro atoms. The number of nitrogens with one attached hydrogen (secondary N) is 1. The minimum absolute atomic E-state index is 0.0320. The summed E-state index contributed by atoms with van der Waals surface area (Å²) >= 11 is 1.53. The van der Waals surface area contributed by atoms with Crippen LogP contribution in [0.3, 0.4) is 0 Å². The summed E-state index contributed by atoms with van der Waals surface area (Å²) < 4.78 is 7.36. The Balaban J connectivity index is 1.54. The summed E-state index contributed by atoms with van der Waals surface area (Å²) in [6, 6.07) is 24.1. The monoisotopic (exact) mass is 483 g/mol. The Bertz CT molecular complexity index is 1440. The molecule has 1 aliphatic rings. The highest BCUT2D eigenvalue weighted by molar-refractivity contribution is 7.07. The van der Waals surface area contributed by atoms with Crippen molar-refractivity contribution in [1.82, 2.24) is 4.68 Å². The van der Waals surface area contributed by atoms with Gasteiger partial charge in [-0.2, -0.15) is 5.10 Å². The fourth-order valence-corrected chi connectivity index (χ4v) is 4.52. The molecular weight excluding hydrogens is 458 g/mol. The van der Waals surface area contributed by atoms with E-state index in [0.717, 1.165) is 32.9 Å². The number of amides is 1. The standard InChI is InChI=1S/C27H25N5O2S/c1-31(2)22-11-8-20(9-12-22)16-29-32-24(18-35-27(32)28-15-19-6-4-3-5-7-19)21-10-13-25-23(14-21)30-26(33)17-34-25/h3-14,16,18H,15,17H2,1-2H3,(H,30,33). The first-order chi connectivity index (χ1) is 17.1. The number of ether oxygens (including phenoxy) is 1. The van der Waals surface area contributed by atoms with Gasteiger partial charge >= 0.3 is 0 Å². The first-order valence-corrected chi connectivity index (χ1v) is 12.1. The third kappa shape index (κ3) is 5.17. The van der Waals surface area contributed by atoms with Crippen LogP contribution < -0.4 is 19.8 Å². The number of hydrogen-bond acceptors (Lipinski definition) is 6. The molecule has 0 aliphatic carbocycles. The lowest BCUT2D eigenvalue weighted by Crippen LogP contribution is -2.25. The maximum atomic E-state index is 11.8. The summed E-state index contributed by atoms with van der Waals surface area (Å²) in [7, 11) is 4.03. The van der Waals surface area contributed by atoms with Gasteiger partial charge in [-0.15, -0.1) is 11.3 Å². The van der Waals surface area contributed by atoms with Crippen LogP contribution in [-0.2, 0) is 11.3 Å². The molecule has 0 radical (unpaired) electrons. The van der Waals surface area contributed by atoms with E-state index in [1.807, 2.05) is 78.9 Å². The molecule has 1 N–H and O–H groups in total. The van der Waals surface area contributed by atoms with Crippen LogP contribution in [0.1, 0.15) is 11.1 Å². The molecule has 0 bridgehead atoms. The minimum Gasteiger partial charge on any atom is -0.482 e. The van der Waals surface area contributed by atoms with E-state index in [1.165, 1.54) is 11.3 Å². The summed E-state index contributed by atoms with van der Waals surface area (Å²) in [5.74, 6) is 0.499. The zero-order chi connectivity index (χ0) is 24.2. The van der Waals surface area contributed by atoms with Crippen LogP contribution in [0.2, 0.25) is 0 Å². The number of fused-ring (bicyclic) bond motifs is 1. The minimum atomic E-state index is -0.161. The summed E-state index contributed by atoms with van der Waals surface area (Å²) in [4.78, 5) is 19.5. The maximum Gasteiger partial charge on any atom is 0.262 e. The number of nitrogens with zero attached hydrogens (tertiary/aromatic N) is 4. The lowest BCUT2D eigenvalue weighted by Gasteiger charge is -2.18. The average Bonchev–Trinajstić information content (AvgIpc) is 3.29. The Morgan fingerprint density at radius 2 is 1.89 bits per heavy atom. The Hall–Kier alpha value is -4.17. The number of hydrogen-bond donors (Lipinski definition) is 1. The number of thiazole rings is 1. The van der Waals surface area contributed by atoms with E-state index in [1.54, 1.807) is 0 Å². The topological polar surface area (TPSA) is 71.2 Å². The Morgan fingerprint density at radius 1 is 1.09 bits per heavy atom. The number of carbonyl (C=O) groups is 1. The molecule has 1 aliphatic heterocycles. The Kier molecular flexibility index (Phi) is 6.45. The Labute approximate surface area is 207 Å². The molecule has 176 valence electrons. The zero-order valence-electron chi connectivity index (χ0n) is 19.5. The van der Waals surface area contributed by atoms with Gasteiger partial charge in [-0.1, -0.05) is 42.5 Å². The SMILES string of the molecule is CN(C)c1ccc(C=Nn2c(-c3ccc4c(c3)NC(=O)CO4)csc2=NCc2ccccc2)cc1. The van der Waals surface area contributed by atoms with Crippen molar-refractivity contribution in [3.05, 3.63) is 94.1 Å². The second kappa shape index (κ2) is 9.99. The second-order valence-corrected chi connectivity index (χ2v) is 9.13. The van der Waals surface area contributed by atoms with Crippen LogP contribution in [-0.4, -0.2) is 37.5 Å². The maximum absolute atomic E-state index is 11.8. The highest BCUT2D eigenvalue weighted by Crippen LogP contribution is 2.33. The molecule has 0 saturated carbocycles. The van der Waals surface area contributed by atoms with Crippen molar-refractivity contribution >= 4 is 34.8 Å². The normalized spacial score (nSPS) is 13.4. The molecule has 0 saturated heterocycles. The van der Waals surface area contributed by atoms with Crippen molar-refractivity contribution < 1.29 is 9.53 Å². The lowest BCUT2D eigenvalue weighted by atomic mass is 10.1. The molecule has 1 amide bonds. The van der Waals surface area contributed by atoms with Gasteiger partial charge in [0.25, 0.3) is 5.91 Å². The fraction of sp³-hybridized carbons (Fsp3) is 0.148. The molecule has 0 fully saturated rings. The summed E-state index contributed by atoms with van der Waals surface area (Å²) in [6.07, 6.45) is 1.83. The van der Waals surface area contributed by atoms with E-state index in [4.69, 9.17) is 14.8 Å². The van der Waals surface area contributed by atoms with Gasteiger partial charge in [0.15, 0.2) is 6.61 Å².